The first kappa shape index (κ1) is 18.6. The van der Waals surface area contributed by atoms with Crippen molar-refractivity contribution in [2.24, 2.45) is 17.8 Å². The van der Waals surface area contributed by atoms with Gasteiger partial charge in [0, 0.05) is 11.5 Å². The van der Waals surface area contributed by atoms with Gasteiger partial charge in [-0.05, 0) is 73.7 Å². The lowest BCUT2D eigenvalue weighted by molar-refractivity contribution is -0.132. The molecule has 0 amide bonds. The third-order valence-electron chi connectivity index (χ3n) is 8.44. The summed E-state index contributed by atoms with van der Waals surface area (Å²) in [4.78, 5) is 17.2. The van der Waals surface area contributed by atoms with Crippen LogP contribution < -0.4 is 0 Å². The van der Waals surface area contributed by atoms with Crippen LogP contribution in [0, 0.1) is 17.8 Å². The number of fused-ring (bicyclic) bond motifs is 4. The second-order valence-corrected chi connectivity index (χ2v) is 9.94. The Labute approximate surface area is 180 Å². The van der Waals surface area contributed by atoms with E-state index in [0.29, 0.717) is 17.6 Å². The fraction of sp³-hybridized carbons (Fsp3) is 0.464. The Morgan fingerprint density at radius 1 is 0.800 bits per heavy atom. The van der Waals surface area contributed by atoms with Crippen molar-refractivity contribution >= 4 is 16.9 Å². The van der Waals surface area contributed by atoms with Crippen molar-refractivity contribution in [1.82, 2.24) is 4.90 Å². The molecule has 154 valence electrons. The van der Waals surface area contributed by atoms with Crippen LogP contribution >= 0.6 is 0 Å². The molecule has 6 rings (SSSR count). The van der Waals surface area contributed by atoms with Gasteiger partial charge in [0.05, 0.1) is 5.54 Å². The van der Waals surface area contributed by atoms with Crippen molar-refractivity contribution in [3.63, 3.8) is 0 Å². The highest BCUT2D eigenvalue weighted by Crippen LogP contribution is 2.62. The number of benzene rings is 2. The Kier molecular flexibility index (Phi) is 4.46. The first-order valence-corrected chi connectivity index (χ1v) is 11.9. The molecule has 0 aromatic heterocycles. The molecule has 2 heteroatoms. The van der Waals surface area contributed by atoms with Gasteiger partial charge in [-0.1, -0.05) is 73.5 Å². The average Bonchev–Trinajstić information content (AvgIpc) is 3.33. The number of carbonyl (C=O) groups is 1. The van der Waals surface area contributed by atoms with E-state index in [9.17, 15) is 4.79 Å². The molecule has 2 saturated carbocycles. The second kappa shape index (κ2) is 7.20. The molecule has 30 heavy (non-hydrogen) atoms. The quantitative estimate of drug-likeness (QED) is 0.648. The number of hydrogen-bond donors (Lipinski definition) is 0. The van der Waals surface area contributed by atoms with Gasteiger partial charge in [0.15, 0.2) is 5.78 Å². The summed E-state index contributed by atoms with van der Waals surface area (Å²) in [6, 6.07) is 21.4. The largest absolute Gasteiger partial charge is 0.292 e. The molecule has 2 aromatic carbocycles. The first-order valence-electron chi connectivity index (χ1n) is 11.9. The standard InChI is InChI=1S/C28H31NO/c30-27-25(22-12-6-2-7-13-22)24(21-10-4-1-5-11-21)26-23-15-14-20(18-23)19-28(26,27)29-16-8-3-9-17-29/h1-2,4-7,10-13,20,23,26H,3,8-9,14-19H2/t20?,23?,26?,28-/m0/s1. The van der Waals surface area contributed by atoms with E-state index < -0.39 is 0 Å². The highest BCUT2D eigenvalue weighted by molar-refractivity contribution is 6.35. The summed E-state index contributed by atoms with van der Waals surface area (Å²) in [7, 11) is 0. The van der Waals surface area contributed by atoms with Crippen molar-refractivity contribution in [2.75, 3.05) is 13.1 Å². The van der Waals surface area contributed by atoms with Gasteiger partial charge in [0.1, 0.15) is 0 Å². The van der Waals surface area contributed by atoms with Crippen LogP contribution in [0.2, 0.25) is 0 Å². The van der Waals surface area contributed by atoms with E-state index in [-0.39, 0.29) is 5.54 Å². The van der Waals surface area contributed by atoms with Gasteiger partial charge >= 0.3 is 0 Å². The fourth-order valence-electron chi connectivity index (χ4n) is 7.36. The lowest BCUT2D eigenvalue weighted by Gasteiger charge is -2.51. The van der Waals surface area contributed by atoms with Gasteiger partial charge in [-0.15, -0.1) is 0 Å². The minimum absolute atomic E-state index is 0.305. The van der Waals surface area contributed by atoms with Crippen LogP contribution in [0.4, 0.5) is 0 Å². The van der Waals surface area contributed by atoms with E-state index in [1.165, 1.54) is 49.7 Å². The number of ketones is 1. The van der Waals surface area contributed by atoms with Gasteiger partial charge in [-0.2, -0.15) is 0 Å². The summed E-state index contributed by atoms with van der Waals surface area (Å²) in [5.74, 6) is 2.14. The molecule has 3 unspecified atom stereocenters. The Morgan fingerprint density at radius 3 is 2.17 bits per heavy atom. The molecule has 2 bridgehead atoms. The Morgan fingerprint density at radius 2 is 1.47 bits per heavy atom. The molecule has 1 saturated heterocycles. The fourth-order valence-corrected chi connectivity index (χ4v) is 7.36. The predicted octanol–water partition coefficient (Wildman–Crippen LogP) is 5.84. The predicted molar refractivity (Wildman–Crippen MR) is 122 cm³/mol. The van der Waals surface area contributed by atoms with Crippen molar-refractivity contribution in [3.05, 3.63) is 71.8 Å². The normalized spacial score (nSPS) is 33.7. The number of hydrogen-bond acceptors (Lipinski definition) is 2. The number of carbonyl (C=O) groups excluding carboxylic acids is 1. The molecule has 2 nitrogen and oxygen atoms in total. The van der Waals surface area contributed by atoms with Gasteiger partial charge < -0.3 is 0 Å². The summed E-state index contributed by atoms with van der Waals surface area (Å²) < 4.78 is 0. The summed E-state index contributed by atoms with van der Waals surface area (Å²) in [6.45, 7) is 2.18. The lowest BCUT2D eigenvalue weighted by atomic mass is 9.64. The minimum atomic E-state index is -0.305. The maximum Gasteiger partial charge on any atom is 0.184 e. The minimum Gasteiger partial charge on any atom is -0.292 e. The maximum atomic E-state index is 14.6. The number of Topliss-reactive ketones (excluding diaryl/α,β-unsaturated/α-hetero) is 1. The molecule has 2 aromatic rings. The average molecular weight is 398 g/mol. The van der Waals surface area contributed by atoms with Crippen molar-refractivity contribution < 1.29 is 4.79 Å². The van der Waals surface area contributed by atoms with Gasteiger partial charge in [0.2, 0.25) is 0 Å². The van der Waals surface area contributed by atoms with Gasteiger partial charge in [-0.25, -0.2) is 0 Å². The molecule has 0 N–H and O–H groups in total. The zero-order chi connectivity index (χ0) is 20.1. The summed E-state index contributed by atoms with van der Waals surface area (Å²) in [6.07, 6.45) is 8.76. The Hall–Kier alpha value is -2.19. The summed E-state index contributed by atoms with van der Waals surface area (Å²) in [5, 5.41) is 0. The van der Waals surface area contributed by atoms with Crippen molar-refractivity contribution in [1.29, 1.82) is 0 Å². The molecular weight excluding hydrogens is 366 g/mol. The molecule has 3 fully saturated rings. The number of piperidine rings is 1. The van der Waals surface area contributed by atoms with E-state index in [1.807, 2.05) is 0 Å². The van der Waals surface area contributed by atoms with Crippen LogP contribution in [-0.4, -0.2) is 29.3 Å². The molecule has 4 aliphatic rings. The van der Waals surface area contributed by atoms with Crippen LogP contribution in [-0.2, 0) is 4.79 Å². The molecule has 1 aliphatic heterocycles. The first-order chi connectivity index (χ1) is 14.8. The summed E-state index contributed by atoms with van der Waals surface area (Å²) >= 11 is 0. The van der Waals surface area contributed by atoms with Gasteiger partial charge in [0.25, 0.3) is 0 Å². The second-order valence-electron chi connectivity index (χ2n) is 9.94. The topological polar surface area (TPSA) is 20.3 Å². The van der Waals surface area contributed by atoms with E-state index >= 15 is 0 Å². The molecular formula is C28H31NO. The van der Waals surface area contributed by atoms with Crippen LogP contribution in [0.3, 0.4) is 0 Å². The Bertz CT molecular complexity index is 972. The van der Waals surface area contributed by atoms with Crippen molar-refractivity contribution in [2.45, 2.75) is 50.5 Å². The monoisotopic (exact) mass is 397 g/mol. The van der Waals surface area contributed by atoms with Crippen LogP contribution in [0.15, 0.2) is 60.7 Å². The molecule has 1 heterocycles. The van der Waals surface area contributed by atoms with Crippen LogP contribution in [0.1, 0.15) is 56.1 Å². The zero-order valence-corrected chi connectivity index (χ0v) is 17.7. The number of likely N-dealkylation sites (tertiary alicyclic amines) is 1. The Balaban J connectivity index is 1.60. The van der Waals surface area contributed by atoms with E-state index in [2.05, 4.69) is 65.6 Å². The third-order valence-corrected chi connectivity index (χ3v) is 8.44. The highest BCUT2D eigenvalue weighted by Gasteiger charge is 2.64. The van der Waals surface area contributed by atoms with Gasteiger partial charge in [-0.3, -0.25) is 9.69 Å². The molecule has 3 aliphatic carbocycles. The van der Waals surface area contributed by atoms with Crippen LogP contribution in [0.5, 0.6) is 0 Å². The summed E-state index contributed by atoms with van der Waals surface area (Å²) in [5.41, 5.74) is 4.44. The number of rotatable bonds is 3. The third kappa shape index (κ3) is 2.62. The maximum absolute atomic E-state index is 14.6. The van der Waals surface area contributed by atoms with Crippen molar-refractivity contribution in [3.8, 4) is 0 Å². The highest BCUT2D eigenvalue weighted by atomic mass is 16.1. The zero-order valence-electron chi connectivity index (χ0n) is 17.7. The SMILES string of the molecule is O=C1C(c2ccccc2)=C(c2ccccc2)C2C3CCC(C3)C[C@@]12N1CCCCC1. The smallest absolute Gasteiger partial charge is 0.184 e. The van der Waals surface area contributed by atoms with E-state index in [4.69, 9.17) is 0 Å². The molecule has 0 spiro atoms. The number of nitrogens with zero attached hydrogens (tertiary/aromatic N) is 1. The molecule has 4 atom stereocenters. The van der Waals surface area contributed by atoms with E-state index in [1.54, 1.807) is 0 Å². The van der Waals surface area contributed by atoms with E-state index in [0.717, 1.165) is 36.6 Å². The van der Waals surface area contributed by atoms with Crippen LogP contribution in [0.25, 0.3) is 11.1 Å². The molecule has 0 radical (unpaired) electrons. The lowest BCUT2D eigenvalue weighted by Crippen LogP contribution is -2.61.